The summed E-state index contributed by atoms with van der Waals surface area (Å²) < 4.78 is 0. The van der Waals surface area contributed by atoms with E-state index >= 15 is 0 Å². The van der Waals surface area contributed by atoms with Crippen molar-refractivity contribution in [3.63, 3.8) is 0 Å². The molecule has 0 fully saturated rings. The molecule has 0 aromatic heterocycles. The fraction of sp³-hybridized carbons (Fsp3) is 0.316. The van der Waals surface area contributed by atoms with Gasteiger partial charge in [-0.1, -0.05) is 54.6 Å². The van der Waals surface area contributed by atoms with E-state index < -0.39 is 0 Å². The number of hydrogen-bond acceptors (Lipinski definition) is 2. The number of hydrogen-bond donors (Lipinski definition) is 1. The Hall–Kier alpha value is -2.11. The fourth-order valence-electron chi connectivity index (χ4n) is 3.17. The predicted octanol–water partition coefficient (Wildman–Crippen LogP) is 3.79. The normalized spacial score (nSPS) is 18.5. The van der Waals surface area contributed by atoms with Crippen molar-refractivity contribution in [2.45, 2.75) is 37.8 Å². The predicted molar refractivity (Wildman–Crippen MR) is 84.8 cm³/mol. The van der Waals surface area contributed by atoms with Crippen LogP contribution >= 0.6 is 0 Å². The molecule has 1 aliphatic rings. The molecule has 0 saturated carbocycles. The van der Waals surface area contributed by atoms with Crippen LogP contribution in [0, 0.1) is 11.3 Å². The second-order valence-electron chi connectivity index (χ2n) is 5.70. The highest BCUT2D eigenvalue weighted by Gasteiger charge is 2.21. The van der Waals surface area contributed by atoms with Crippen LogP contribution in [0.25, 0.3) is 0 Å². The van der Waals surface area contributed by atoms with Crippen LogP contribution in [0.1, 0.15) is 35.6 Å². The SMILES string of the molecule is N#CCC(NC1CCc2ccccc2C1)c1ccccc1. The Morgan fingerprint density at radius 2 is 1.76 bits per heavy atom. The lowest BCUT2D eigenvalue weighted by Gasteiger charge is -2.29. The lowest BCUT2D eigenvalue weighted by molar-refractivity contribution is 0.401. The highest BCUT2D eigenvalue weighted by atomic mass is 14.9. The second-order valence-corrected chi connectivity index (χ2v) is 5.70. The van der Waals surface area contributed by atoms with Gasteiger partial charge >= 0.3 is 0 Å². The van der Waals surface area contributed by atoms with Crippen molar-refractivity contribution in [2.24, 2.45) is 0 Å². The van der Waals surface area contributed by atoms with E-state index in [1.807, 2.05) is 18.2 Å². The zero-order chi connectivity index (χ0) is 14.5. The van der Waals surface area contributed by atoms with Crippen molar-refractivity contribution in [1.82, 2.24) is 5.32 Å². The largest absolute Gasteiger partial charge is 0.306 e. The summed E-state index contributed by atoms with van der Waals surface area (Å²) in [5.41, 5.74) is 4.13. The summed E-state index contributed by atoms with van der Waals surface area (Å²) in [6.45, 7) is 0. The first-order valence-corrected chi connectivity index (χ1v) is 7.61. The maximum atomic E-state index is 9.10. The van der Waals surface area contributed by atoms with Gasteiger partial charge in [-0.05, 0) is 36.0 Å². The quantitative estimate of drug-likeness (QED) is 0.922. The number of aryl methyl sites for hydroxylation is 1. The van der Waals surface area contributed by atoms with Gasteiger partial charge < -0.3 is 5.32 Å². The highest BCUT2D eigenvalue weighted by molar-refractivity contribution is 5.30. The molecule has 2 aromatic carbocycles. The minimum atomic E-state index is 0.131. The van der Waals surface area contributed by atoms with Gasteiger partial charge in [0, 0.05) is 12.1 Å². The average molecular weight is 276 g/mol. The van der Waals surface area contributed by atoms with Gasteiger partial charge in [-0.25, -0.2) is 0 Å². The number of fused-ring (bicyclic) bond motifs is 1. The van der Waals surface area contributed by atoms with Gasteiger partial charge in [0.25, 0.3) is 0 Å². The lowest BCUT2D eigenvalue weighted by Crippen LogP contribution is -2.37. The van der Waals surface area contributed by atoms with E-state index in [1.54, 1.807) is 0 Å². The third-order valence-corrected chi connectivity index (χ3v) is 4.28. The van der Waals surface area contributed by atoms with Crippen molar-refractivity contribution in [3.05, 3.63) is 71.3 Å². The topological polar surface area (TPSA) is 35.8 Å². The molecule has 1 N–H and O–H groups in total. The lowest BCUT2D eigenvalue weighted by atomic mass is 9.87. The third-order valence-electron chi connectivity index (χ3n) is 4.28. The van der Waals surface area contributed by atoms with E-state index in [-0.39, 0.29) is 6.04 Å². The molecule has 2 unspecified atom stereocenters. The van der Waals surface area contributed by atoms with Gasteiger partial charge in [0.1, 0.15) is 0 Å². The summed E-state index contributed by atoms with van der Waals surface area (Å²) in [7, 11) is 0. The second kappa shape index (κ2) is 6.56. The molecule has 21 heavy (non-hydrogen) atoms. The number of nitriles is 1. The van der Waals surface area contributed by atoms with E-state index in [2.05, 4.69) is 47.8 Å². The molecule has 0 heterocycles. The summed E-state index contributed by atoms with van der Waals surface area (Å²) in [6.07, 6.45) is 3.85. The molecule has 0 amide bonds. The van der Waals surface area contributed by atoms with Gasteiger partial charge in [0.15, 0.2) is 0 Å². The first kappa shape index (κ1) is 13.9. The van der Waals surface area contributed by atoms with Crippen LogP contribution < -0.4 is 5.32 Å². The Labute approximate surface area is 126 Å². The maximum absolute atomic E-state index is 9.10. The van der Waals surface area contributed by atoms with Crippen molar-refractivity contribution in [1.29, 1.82) is 5.26 Å². The minimum Gasteiger partial charge on any atom is -0.306 e. The number of nitrogens with one attached hydrogen (secondary N) is 1. The molecule has 0 aliphatic heterocycles. The number of rotatable bonds is 4. The van der Waals surface area contributed by atoms with E-state index in [0.29, 0.717) is 12.5 Å². The zero-order valence-corrected chi connectivity index (χ0v) is 12.1. The standard InChI is InChI=1S/C19H20N2/c20-13-12-19(16-7-2-1-3-8-16)21-18-11-10-15-6-4-5-9-17(15)14-18/h1-9,18-19,21H,10-12,14H2. The Morgan fingerprint density at radius 1 is 1.05 bits per heavy atom. The smallest absolute Gasteiger partial charge is 0.0641 e. The average Bonchev–Trinajstić information content (AvgIpc) is 2.55. The number of nitrogens with zero attached hydrogens (tertiary/aromatic N) is 1. The fourth-order valence-corrected chi connectivity index (χ4v) is 3.17. The van der Waals surface area contributed by atoms with Gasteiger partial charge in [-0.15, -0.1) is 0 Å². The molecule has 0 radical (unpaired) electrons. The first-order valence-electron chi connectivity index (χ1n) is 7.61. The Morgan fingerprint density at radius 3 is 2.52 bits per heavy atom. The van der Waals surface area contributed by atoms with Gasteiger partial charge in [-0.3, -0.25) is 0 Å². The molecule has 106 valence electrons. The molecule has 0 bridgehead atoms. The Balaban J connectivity index is 1.72. The van der Waals surface area contributed by atoms with Gasteiger partial charge in [0.05, 0.1) is 12.5 Å². The van der Waals surface area contributed by atoms with Crippen LogP contribution in [-0.4, -0.2) is 6.04 Å². The molecule has 3 rings (SSSR count). The summed E-state index contributed by atoms with van der Waals surface area (Å²) in [5, 5.41) is 12.8. The van der Waals surface area contributed by atoms with Crippen LogP contribution in [0.15, 0.2) is 54.6 Å². The molecule has 2 atom stereocenters. The van der Waals surface area contributed by atoms with Crippen molar-refractivity contribution >= 4 is 0 Å². The first-order chi connectivity index (χ1) is 10.4. The van der Waals surface area contributed by atoms with Crippen LogP contribution in [0.5, 0.6) is 0 Å². The summed E-state index contributed by atoms with van der Waals surface area (Å²) >= 11 is 0. The van der Waals surface area contributed by atoms with E-state index in [1.165, 1.54) is 16.7 Å². The summed E-state index contributed by atoms with van der Waals surface area (Å²) in [5.74, 6) is 0. The molecule has 2 nitrogen and oxygen atoms in total. The molecule has 2 aromatic rings. The summed E-state index contributed by atoms with van der Waals surface area (Å²) in [6, 6.07) is 21.9. The van der Waals surface area contributed by atoms with Crippen molar-refractivity contribution < 1.29 is 0 Å². The molecule has 2 heteroatoms. The van der Waals surface area contributed by atoms with E-state index in [4.69, 9.17) is 5.26 Å². The van der Waals surface area contributed by atoms with Crippen molar-refractivity contribution in [3.8, 4) is 6.07 Å². The molecule has 0 saturated heterocycles. The molecular formula is C19H20N2. The monoisotopic (exact) mass is 276 g/mol. The third kappa shape index (κ3) is 3.32. The van der Waals surface area contributed by atoms with Crippen LogP contribution in [0.3, 0.4) is 0 Å². The highest BCUT2D eigenvalue weighted by Crippen LogP contribution is 2.24. The minimum absolute atomic E-state index is 0.131. The van der Waals surface area contributed by atoms with Crippen molar-refractivity contribution in [2.75, 3.05) is 0 Å². The van der Waals surface area contributed by atoms with Crippen LogP contribution in [0.4, 0.5) is 0 Å². The van der Waals surface area contributed by atoms with Gasteiger partial charge in [-0.2, -0.15) is 5.26 Å². The summed E-state index contributed by atoms with van der Waals surface area (Å²) in [4.78, 5) is 0. The molecule has 1 aliphatic carbocycles. The van der Waals surface area contributed by atoms with E-state index in [9.17, 15) is 0 Å². The van der Waals surface area contributed by atoms with E-state index in [0.717, 1.165) is 19.3 Å². The zero-order valence-electron chi connectivity index (χ0n) is 12.1. The maximum Gasteiger partial charge on any atom is 0.0641 e. The van der Waals surface area contributed by atoms with Gasteiger partial charge in [0.2, 0.25) is 0 Å². The molecular weight excluding hydrogens is 256 g/mol. The number of benzene rings is 2. The Bertz CT molecular complexity index is 628. The van der Waals surface area contributed by atoms with Crippen LogP contribution in [-0.2, 0) is 12.8 Å². The molecule has 0 spiro atoms. The van der Waals surface area contributed by atoms with Crippen LogP contribution in [0.2, 0.25) is 0 Å². The Kier molecular flexibility index (Phi) is 4.33.